The Bertz CT molecular complexity index is 1190. The smallest absolute Gasteiger partial charge is 0.266 e. The summed E-state index contributed by atoms with van der Waals surface area (Å²) in [4.78, 5) is 21.0. The van der Waals surface area contributed by atoms with Gasteiger partial charge in [-0.15, -0.1) is 0 Å². The lowest BCUT2D eigenvalue weighted by atomic mass is 10.1. The van der Waals surface area contributed by atoms with Crippen LogP contribution in [0.3, 0.4) is 0 Å². The Morgan fingerprint density at radius 2 is 1.93 bits per heavy atom. The number of hydrogen-bond donors (Lipinski definition) is 1. The first-order valence-electron chi connectivity index (χ1n) is 8.68. The highest BCUT2D eigenvalue weighted by Crippen LogP contribution is 2.25. The van der Waals surface area contributed by atoms with Gasteiger partial charge in [0.05, 0.1) is 11.6 Å². The van der Waals surface area contributed by atoms with Gasteiger partial charge in [-0.2, -0.15) is 0 Å². The molecule has 0 spiro atoms. The number of halogens is 1. The summed E-state index contributed by atoms with van der Waals surface area (Å²) >= 11 is 7.58. The van der Waals surface area contributed by atoms with Crippen LogP contribution in [-0.2, 0) is 0 Å². The average molecular weight is 413 g/mol. The van der Waals surface area contributed by atoms with Crippen LogP contribution in [0.2, 0.25) is 5.02 Å². The number of H-pyrrole nitrogens is 1. The molecule has 0 amide bonds. The minimum Gasteiger partial charge on any atom is -0.491 e. The molecule has 4 aromatic rings. The Hall–Kier alpha value is -2.77. The van der Waals surface area contributed by atoms with E-state index >= 15 is 0 Å². The van der Waals surface area contributed by atoms with Crippen LogP contribution < -0.4 is 10.3 Å². The number of rotatable bonds is 6. The number of aromatic nitrogens is 4. The third kappa shape index (κ3) is 3.90. The third-order valence-corrected chi connectivity index (χ3v) is 5.33. The number of aromatic amines is 1. The first-order chi connectivity index (χ1) is 13.6. The molecule has 2 heterocycles. The zero-order valence-electron chi connectivity index (χ0n) is 15.1. The Morgan fingerprint density at radius 1 is 1.14 bits per heavy atom. The number of hydrogen-bond acceptors (Lipinski definition) is 5. The van der Waals surface area contributed by atoms with E-state index in [1.165, 1.54) is 17.8 Å². The first-order valence-corrected chi connectivity index (χ1v) is 10.0. The van der Waals surface area contributed by atoms with E-state index in [2.05, 4.69) is 15.1 Å². The molecule has 8 heteroatoms. The summed E-state index contributed by atoms with van der Waals surface area (Å²) in [5, 5.41) is 3.97. The van der Waals surface area contributed by atoms with Gasteiger partial charge in [0.2, 0.25) is 0 Å². The van der Waals surface area contributed by atoms with Crippen LogP contribution in [0.5, 0.6) is 5.75 Å². The molecule has 0 unspecified atom stereocenters. The standard InChI is InChI=1S/C20H17ClN4O2S/c1-13-6-2-3-7-14(13)19-22-17-12-18(26)24-25(17)20(23-19)28-11-10-27-16-9-5-4-8-15(16)21/h2-9,12H,10-11H2,1H3,(H,24,26). The Morgan fingerprint density at radius 3 is 2.75 bits per heavy atom. The molecule has 0 bridgehead atoms. The van der Waals surface area contributed by atoms with E-state index in [9.17, 15) is 4.79 Å². The van der Waals surface area contributed by atoms with Crippen LogP contribution in [0, 0.1) is 6.92 Å². The van der Waals surface area contributed by atoms with Gasteiger partial charge >= 0.3 is 0 Å². The monoisotopic (exact) mass is 412 g/mol. The van der Waals surface area contributed by atoms with Gasteiger partial charge in [0, 0.05) is 17.4 Å². The van der Waals surface area contributed by atoms with Crippen molar-refractivity contribution in [1.29, 1.82) is 0 Å². The molecule has 2 aromatic carbocycles. The molecule has 4 rings (SSSR count). The molecular formula is C20H17ClN4O2S. The van der Waals surface area contributed by atoms with Crippen molar-refractivity contribution >= 4 is 29.0 Å². The van der Waals surface area contributed by atoms with Crippen molar-refractivity contribution in [1.82, 2.24) is 19.6 Å². The molecule has 1 N–H and O–H groups in total. The summed E-state index contributed by atoms with van der Waals surface area (Å²) in [6.45, 7) is 2.46. The lowest BCUT2D eigenvalue weighted by Gasteiger charge is -2.10. The second-order valence-electron chi connectivity index (χ2n) is 6.09. The number of aryl methyl sites for hydroxylation is 1. The predicted octanol–water partition coefficient (Wildman–Crippen LogP) is 4.22. The maximum Gasteiger partial charge on any atom is 0.266 e. The van der Waals surface area contributed by atoms with Crippen molar-refractivity contribution in [2.45, 2.75) is 12.1 Å². The van der Waals surface area contributed by atoms with Crippen molar-refractivity contribution in [3.8, 4) is 17.1 Å². The average Bonchev–Trinajstić information content (AvgIpc) is 3.07. The molecule has 142 valence electrons. The Labute approximate surface area is 170 Å². The first kappa shape index (κ1) is 18.6. The van der Waals surface area contributed by atoms with E-state index in [-0.39, 0.29) is 5.56 Å². The number of ether oxygens (including phenoxy) is 1. The van der Waals surface area contributed by atoms with Gasteiger partial charge < -0.3 is 4.74 Å². The van der Waals surface area contributed by atoms with Crippen LogP contribution in [0.15, 0.2) is 64.5 Å². The normalized spacial score (nSPS) is 11.1. The van der Waals surface area contributed by atoms with E-state index < -0.39 is 0 Å². The van der Waals surface area contributed by atoms with Crippen LogP contribution in [-0.4, -0.2) is 31.9 Å². The van der Waals surface area contributed by atoms with E-state index in [4.69, 9.17) is 16.3 Å². The Balaban J connectivity index is 1.58. The second kappa shape index (κ2) is 8.08. The molecule has 6 nitrogen and oxygen atoms in total. The molecule has 0 saturated carbocycles. The van der Waals surface area contributed by atoms with E-state index in [0.29, 0.717) is 39.8 Å². The minimum atomic E-state index is -0.217. The SMILES string of the molecule is Cc1ccccc1-c1nc(SCCOc2ccccc2Cl)n2[nH]c(=O)cc2n1. The van der Waals surface area contributed by atoms with Gasteiger partial charge in [-0.3, -0.25) is 9.89 Å². The van der Waals surface area contributed by atoms with Gasteiger partial charge in [-0.05, 0) is 24.6 Å². The summed E-state index contributed by atoms with van der Waals surface area (Å²) in [7, 11) is 0. The zero-order valence-corrected chi connectivity index (χ0v) is 16.6. The van der Waals surface area contributed by atoms with Crippen molar-refractivity contribution in [3.63, 3.8) is 0 Å². The van der Waals surface area contributed by atoms with E-state index in [1.807, 2.05) is 49.4 Å². The summed E-state index contributed by atoms with van der Waals surface area (Å²) in [6.07, 6.45) is 0. The molecule has 0 radical (unpaired) electrons. The maximum absolute atomic E-state index is 11.8. The van der Waals surface area contributed by atoms with Crippen LogP contribution in [0.1, 0.15) is 5.56 Å². The third-order valence-electron chi connectivity index (χ3n) is 4.12. The highest BCUT2D eigenvalue weighted by Gasteiger charge is 2.13. The molecule has 0 atom stereocenters. The fourth-order valence-corrected chi connectivity index (χ4v) is 3.73. The van der Waals surface area contributed by atoms with E-state index in [0.717, 1.165) is 11.1 Å². The number of nitrogens with one attached hydrogen (secondary N) is 1. The van der Waals surface area contributed by atoms with Crippen LogP contribution in [0.4, 0.5) is 0 Å². The fraction of sp³-hybridized carbons (Fsp3) is 0.150. The molecule has 0 saturated heterocycles. The van der Waals surface area contributed by atoms with Gasteiger partial charge in [-0.1, -0.05) is 59.8 Å². The highest BCUT2D eigenvalue weighted by molar-refractivity contribution is 7.99. The second-order valence-corrected chi connectivity index (χ2v) is 7.56. The molecule has 0 aliphatic rings. The van der Waals surface area contributed by atoms with Gasteiger partial charge in [0.15, 0.2) is 16.6 Å². The lowest BCUT2D eigenvalue weighted by Crippen LogP contribution is -2.07. The van der Waals surface area contributed by atoms with Crippen molar-refractivity contribution in [2.75, 3.05) is 12.4 Å². The number of fused-ring (bicyclic) bond motifs is 1. The molecule has 28 heavy (non-hydrogen) atoms. The topological polar surface area (TPSA) is 72.3 Å². The molecule has 0 aliphatic heterocycles. The summed E-state index contributed by atoms with van der Waals surface area (Å²) < 4.78 is 7.33. The lowest BCUT2D eigenvalue weighted by molar-refractivity contribution is 0.344. The number of para-hydroxylation sites is 1. The molecule has 0 aliphatic carbocycles. The fourth-order valence-electron chi connectivity index (χ4n) is 2.77. The zero-order chi connectivity index (χ0) is 19.5. The van der Waals surface area contributed by atoms with Crippen molar-refractivity contribution in [2.24, 2.45) is 0 Å². The summed E-state index contributed by atoms with van der Waals surface area (Å²) in [5.41, 5.74) is 2.33. The van der Waals surface area contributed by atoms with Crippen molar-refractivity contribution in [3.05, 3.63) is 75.5 Å². The van der Waals surface area contributed by atoms with Crippen molar-refractivity contribution < 1.29 is 4.74 Å². The molecule has 2 aromatic heterocycles. The number of thioether (sulfide) groups is 1. The number of nitrogens with zero attached hydrogens (tertiary/aromatic N) is 3. The maximum atomic E-state index is 11.8. The van der Waals surface area contributed by atoms with Gasteiger partial charge in [0.1, 0.15) is 5.75 Å². The quantitative estimate of drug-likeness (QED) is 0.379. The largest absolute Gasteiger partial charge is 0.491 e. The molecular weight excluding hydrogens is 396 g/mol. The van der Waals surface area contributed by atoms with E-state index in [1.54, 1.807) is 10.6 Å². The minimum absolute atomic E-state index is 0.217. The van der Waals surface area contributed by atoms with Gasteiger partial charge in [-0.25, -0.2) is 14.5 Å². The van der Waals surface area contributed by atoms with Crippen LogP contribution >= 0.6 is 23.4 Å². The molecule has 0 fully saturated rings. The van der Waals surface area contributed by atoms with Gasteiger partial charge in [0.25, 0.3) is 5.56 Å². The number of benzene rings is 2. The summed E-state index contributed by atoms with van der Waals surface area (Å²) in [5.74, 6) is 1.87. The summed E-state index contributed by atoms with van der Waals surface area (Å²) in [6, 6.07) is 16.7. The van der Waals surface area contributed by atoms with Crippen LogP contribution in [0.25, 0.3) is 17.0 Å². The predicted molar refractivity (Wildman–Crippen MR) is 111 cm³/mol. The highest BCUT2D eigenvalue weighted by atomic mass is 35.5. The Kier molecular flexibility index (Phi) is 5.36.